The normalized spacial score (nSPS) is 10.9. The number of rotatable bonds is 7. The molecule has 0 unspecified atom stereocenters. The van der Waals surface area contributed by atoms with Gasteiger partial charge in [0, 0.05) is 5.56 Å². The topological polar surface area (TPSA) is 77.0 Å². The van der Waals surface area contributed by atoms with E-state index in [1.807, 2.05) is 74.5 Å². The highest BCUT2D eigenvalue weighted by molar-refractivity contribution is 6.04. The van der Waals surface area contributed by atoms with Gasteiger partial charge >= 0.3 is 5.97 Å². The number of hydrogen-bond donors (Lipinski definition) is 1. The molecule has 0 heterocycles. The Morgan fingerprint density at radius 3 is 2.38 bits per heavy atom. The molecule has 0 aliphatic rings. The molecule has 170 valence electrons. The lowest BCUT2D eigenvalue weighted by Gasteiger charge is -2.11. The van der Waals surface area contributed by atoms with Crippen molar-refractivity contribution in [3.05, 3.63) is 107 Å². The predicted octanol–water partition coefficient (Wildman–Crippen LogP) is 5.20. The van der Waals surface area contributed by atoms with Crippen molar-refractivity contribution in [2.45, 2.75) is 13.8 Å². The fourth-order valence-electron chi connectivity index (χ4n) is 3.41. The molecule has 34 heavy (non-hydrogen) atoms. The molecule has 4 rings (SSSR count). The molecule has 0 bridgehead atoms. The maximum Gasteiger partial charge on any atom is 0.343 e. The fraction of sp³-hybridized carbons (Fsp3) is 0.107. The molecule has 0 spiro atoms. The van der Waals surface area contributed by atoms with Gasteiger partial charge in [0.2, 0.25) is 0 Å². The zero-order valence-corrected chi connectivity index (χ0v) is 18.9. The van der Waals surface area contributed by atoms with Crippen LogP contribution in [0.5, 0.6) is 11.5 Å². The van der Waals surface area contributed by atoms with Gasteiger partial charge in [-0.3, -0.25) is 4.79 Å². The van der Waals surface area contributed by atoms with Gasteiger partial charge in [0.05, 0.1) is 11.8 Å². The first-order chi connectivity index (χ1) is 16.5. The Hall–Kier alpha value is -4.45. The Labute approximate surface area is 197 Å². The van der Waals surface area contributed by atoms with Crippen molar-refractivity contribution in [3.8, 4) is 11.5 Å². The lowest BCUT2D eigenvalue weighted by atomic mass is 10.0. The second kappa shape index (κ2) is 10.4. The minimum absolute atomic E-state index is 0.174. The molecule has 6 heteroatoms. The number of nitrogens with zero attached hydrogens (tertiary/aromatic N) is 1. The molecule has 0 fully saturated rings. The molecule has 4 aromatic carbocycles. The Morgan fingerprint density at radius 2 is 1.59 bits per heavy atom. The molecule has 0 atom stereocenters. The summed E-state index contributed by atoms with van der Waals surface area (Å²) in [6.45, 7) is 3.69. The van der Waals surface area contributed by atoms with Crippen LogP contribution in [0.4, 0.5) is 0 Å². The molecule has 1 amide bonds. The van der Waals surface area contributed by atoms with Crippen LogP contribution in [-0.4, -0.2) is 24.7 Å². The van der Waals surface area contributed by atoms with Crippen molar-refractivity contribution < 1.29 is 19.1 Å². The quantitative estimate of drug-likeness (QED) is 0.181. The van der Waals surface area contributed by atoms with E-state index in [0.29, 0.717) is 22.6 Å². The summed E-state index contributed by atoms with van der Waals surface area (Å²) < 4.78 is 11.2. The molecular formula is C28H24N2O4. The van der Waals surface area contributed by atoms with E-state index in [0.717, 1.165) is 21.9 Å². The lowest BCUT2D eigenvalue weighted by molar-refractivity contribution is -0.123. The number of ether oxygens (including phenoxy) is 2. The summed E-state index contributed by atoms with van der Waals surface area (Å²) in [6, 6.07) is 25.9. The predicted molar refractivity (Wildman–Crippen MR) is 132 cm³/mol. The lowest BCUT2D eigenvalue weighted by Crippen LogP contribution is -2.24. The fourth-order valence-corrected chi connectivity index (χ4v) is 3.41. The minimum Gasteiger partial charge on any atom is -0.483 e. The Bertz CT molecular complexity index is 1360. The zero-order chi connectivity index (χ0) is 23.9. The summed E-state index contributed by atoms with van der Waals surface area (Å²) in [5.41, 5.74) is 5.49. The highest BCUT2D eigenvalue weighted by Crippen LogP contribution is 2.27. The van der Waals surface area contributed by atoms with Crippen LogP contribution in [0.1, 0.15) is 27.0 Å². The van der Waals surface area contributed by atoms with Gasteiger partial charge in [0.15, 0.2) is 6.61 Å². The van der Waals surface area contributed by atoms with Gasteiger partial charge in [-0.15, -0.1) is 0 Å². The first kappa shape index (κ1) is 22.7. The monoisotopic (exact) mass is 452 g/mol. The van der Waals surface area contributed by atoms with Crippen molar-refractivity contribution in [3.63, 3.8) is 0 Å². The molecule has 0 saturated heterocycles. The number of carbonyl (C=O) groups excluding carboxylic acids is 2. The van der Waals surface area contributed by atoms with E-state index in [-0.39, 0.29) is 6.61 Å². The number of benzene rings is 4. The van der Waals surface area contributed by atoms with E-state index < -0.39 is 11.9 Å². The number of para-hydroxylation sites is 1. The summed E-state index contributed by atoms with van der Waals surface area (Å²) in [6.07, 6.45) is 1.48. The van der Waals surface area contributed by atoms with Crippen LogP contribution >= 0.6 is 0 Å². The third-order valence-corrected chi connectivity index (χ3v) is 5.26. The van der Waals surface area contributed by atoms with Crippen molar-refractivity contribution in [2.24, 2.45) is 5.10 Å². The number of aryl methyl sites for hydroxylation is 2. The SMILES string of the molecule is Cc1ccc(C(=O)Oc2ccc3ccccc3c2C=NNC(=O)COc2ccccc2C)cc1. The molecule has 0 saturated carbocycles. The number of esters is 1. The molecule has 4 aromatic rings. The summed E-state index contributed by atoms with van der Waals surface area (Å²) in [5, 5.41) is 5.87. The van der Waals surface area contributed by atoms with Crippen LogP contribution in [0.25, 0.3) is 10.8 Å². The average Bonchev–Trinajstić information content (AvgIpc) is 2.85. The van der Waals surface area contributed by atoms with Gasteiger partial charge in [-0.2, -0.15) is 5.10 Å². The number of nitrogens with one attached hydrogen (secondary N) is 1. The zero-order valence-electron chi connectivity index (χ0n) is 18.9. The van der Waals surface area contributed by atoms with E-state index in [9.17, 15) is 9.59 Å². The number of hydrogen-bond acceptors (Lipinski definition) is 5. The maximum atomic E-state index is 12.7. The van der Waals surface area contributed by atoms with Crippen LogP contribution in [0, 0.1) is 13.8 Å². The van der Waals surface area contributed by atoms with Gasteiger partial charge in [-0.25, -0.2) is 10.2 Å². The molecule has 0 radical (unpaired) electrons. The van der Waals surface area contributed by atoms with E-state index in [4.69, 9.17) is 9.47 Å². The Kier molecular flexibility index (Phi) is 6.98. The third-order valence-electron chi connectivity index (χ3n) is 5.26. The smallest absolute Gasteiger partial charge is 0.343 e. The van der Waals surface area contributed by atoms with Gasteiger partial charge in [-0.05, 0) is 54.4 Å². The van der Waals surface area contributed by atoms with E-state index in [1.165, 1.54) is 6.21 Å². The summed E-state index contributed by atoms with van der Waals surface area (Å²) in [7, 11) is 0. The van der Waals surface area contributed by atoms with Crippen molar-refractivity contribution >= 4 is 28.9 Å². The first-order valence-electron chi connectivity index (χ1n) is 10.8. The largest absolute Gasteiger partial charge is 0.483 e. The van der Waals surface area contributed by atoms with Gasteiger partial charge < -0.3 is 9.47 Å². The molecule has 0 aromatic heterocycles. The molecular weight excluding hydrogens is 428 g/mol. The average molecular weight is 453 g/mol. The molecule has 0 aliphatic carbocycles. The summed E-state index contributed by atoms with van der Waals surface area (Å²) >= 11 is 0. The highest BCUT2D eigenvalue weighted by Gasteiger charge is 2.13. The first-order valence-corrected chi connectivity index (χ1v) is 10.8. The van der Waals surface area contributed by atoms with Gasteiger partial charge in [-0.1, -0.05) is 66.2 Å². The van der Waals surface area contributed by atoms with Gasteiger partial charge in [0.1, 0.15) is 11.5 Å². The summed E-state index contributed by atoms with van der Waals surface area (Å²) in [4.78, 5) is 24.9. The second-order valence-corrected chi connectivity index (χ2v) is 7.80. The van der Waals surface area contributed by atoms with Crippen molar-refractivity contribution in [1.82, 2.24) is 5.43 Å². The molecule has 6 nitrogen and oxygen atoms in total. The van der Waals surface area contributed by atoms with Crippen LogP contribution in [0.15, 0.2) is 90.0 Å². The minimum atomic E-state index is -0.472. The van der Waals surface area contributed by atoms with Crippen molar-refractivity contribution in [1.29, 1.82) is 0 Å². The van der Waals surface area contributed by atoms with E-state index in [2.05, 4.69) is 10.5 Å². The number of fused-ring (bicyclic) bond motifs is 1. The second-order valence-electron chi connectivity index (χ2n) is 7.80. The van der Waals surface area contributed by atoms with E-state index >= 15 is 0 Å². The van der Waals surface area contributed by atoms with Gasteiger partial charge in [0.25, 0.3) is 5.91 Å². The third kappa shape index (κ3) is 5.48. The maximum absolute atomic E-state index is 12.7. The molecule has 1 N–H and O–H groups in total. The number of amides is 1. The van der Waals surface area contributed by atoms with Crippen LogP contribution in [0.3, 0.4) is 0 Å². The molecule has 0 aliphatic heterocycles. The number of hydrazone groups is 1. The van der Waals surface area contributed by atoms with Crippen LogP contribution in [0.2, 0.25) is 0 Å². The van der Waals surface area contributed by atoms with Crippen molar-refractivity contribution in [2.75, 3.05) is 6.61 Å². The van der Waals surface area contributed by atoms with Crippen LogP contribution < -0.4 is 14.9 Å². The Balaban J connectivity index is 1.51. The standard InChI is InChI=1S/C28H24N2O4/c1-19-11-13-22(14-12-19)28(32)34-26-16-15-21-8-4-5-9-23(21)24(26)17-29-30-27(31)18-33-25-10-6-3-7-20(25)2/h3-17H,18H2,1-2H3,(H,30,31). The van der Waals surface area contributed by atoms with E-state index in [1.54, 1.807) is 24.3 Å². The highest BCUT2D eigenvalue weighted by atomic mass is 16.5. The van der Waals surface area contributed by atoms with Crippen LogP contribution in [-0.2, 0) is 4.79 Å². The Morgan fingerprint density at radius 1 is 0.853 bits per heavy atom. The summed E-state index contributed by atoms with van der Waals surface area (Å²) in [5.74, 6) is 0.109. The number of carbonyl (C=O) groups is 2.